The molecule has 1 rings (SSSR count). The van der Waals surface area contributed by atoms with Gasteiger partial charge < -0.3 is 10.2 Å². The van der Waals surface area contributed by atoms with Crippen molar-refractivity contribution >= 4 is 21.8 Å². The summed E-state index contributed by atoms with van der Waals surface area (Å²) < 4.78 is 0. The van der Waals surface area contributed by atoms with Crippen LogP contribution in [0.5, 0.6) is 0 Å². The molecule has 0 aromatic heterocycles. The molecule has 0 aromatic carbocycles. The van der Waals surface area contributed by atoms with E-state index in [1.54, 1.807) is 0 Å². The Morgan fingerprint density at radius 3 is 2.67 bits per heavy atom. The monoisotopic (exact) mass is 234 g/mol. The summed E-state index contributed by atoms with van der Waals surface area (Å²) in [6.07, 6.45) is 2.62. The van der Waals surface area contributed by atoms with Crippen molar-refractivity contribution in [1.82, 2.24) is 10.2 Å². The Hall–Kier alpha value is -0.0900. The average molecular weight is 235 g/mol. The minimum atomic E-state index is 0.0780. The van der Waals surface area contributed by atoms with Crippen molar-refractivity contribution in [2.24, 2.45) is 0 Å². The fraction of sp³-hybridized carbons (Fsp3) is 0.875. The molecule has 0 radical (unpaired) electrons. The van der Waals surface area contributed by atoms with E-state index in [0.717, 1.165) is 13.1 Å². The van der Waals surface area contributed by atoms with Crippen LogP contribution in [-0.4, -0.2) is 42.3 Å². The molecule has 1 N–H and O–H groups in total. The van der Waals surface area contributed by atoms with Crippen LogP contribution >= 0.6 is 15.9 Å². The first kappa shape index (κ1) is 9.99. The van der Waals surface area contributed by atoms with Gasteiger partial charge in [-0.15, -0.1) is 0 Å². The molecule has 0 aliphatic carbocycles. The molecule has 0 aromatic rings. The predicted octanol–water partition coefficient (Wildman–Crippen LogP) is 0.593. The summed E-state index contributed by atoms with van der Waals surface area (Å²) in [6, 6.07) is 0. The summed E-state index contributed by atoms with van der Waals surface area (Å²) in [5.41, 5.74) is 0. The summed E-state index contributed by atoms with van der Waals surface area (Å²) >= 11 is 3.10. The smallest absolute Gasteiger partial charge is 0.230 e. The first-order chi connectivity index (χ1) is 5.83. The third kappa shape index (κ3) is 3.54. The van der Waals surface area contributed by atoms with E-state index >= 15 is 0 Å². The molecule has 0 saturated carbocycles. The Labute approximate surface area is 81.6 Å². The molecule has 1 amide bonds. The second-order valence-corrected chi connectivity index (χ2v) is 3.59. The van der Waals surface area contributed by atoms with Gasteiger partial charge in [0, 0.05) is 13.1 Å². The number of nitrogens with one attached hydrogen (secondary N) is 1. The fourth-order valence-electron chi connectivity index (χ4n) is 1.41. The number of likely N-dealkylation sites (tertiary alicyclic amines) is 1. The largest absolute Gasteiger partial charge is 0.354 e. The standard InChI is InChI=1S/C8H15BrN2O/c9-7-8(12)10-3-6-11-4-1-2-5-11/h1-7H2,(H,10,12). The van der Waals surface area contributed by atoms with E-state index in [1.165, 1.54) is 25.9 Å². The van der Waals surface area contributed by atoms with E-state index in [1.807, 2.05) is 0 Å². The van der Waals surface area contributed by atoms with Crippen LogP contribution in [0.1, 0.15) is 12.8 Å². The Kier molecular flexibility index (Phi) is 4.61. The number of hydrogen-bond acceptors (Lipinski definition) is 2. The molecular weight excluding hydrogens is 220 g/mol. The van der Waals surface area contributed by atoms with E-state index < -0.39 is 0 Å². The summed E-state index contributed by atoms with van der Waals surface area (Å²) in [7, 11) is 0. The van der Waals surface area contributed by atoms with E-state index in [2.05, 4.69) is 26.1 Å². The second-order valence-electron chi connectivity index (χ2n) is 3.03. The van der Waals surface area contributed by atoms with Gasteiger partial charge >= 0.3 is 0 Å². The Morgan fingerprint density at radius 1 is 1.42 bits per heavy atom. The number of halogens is 1. The number of carbonyl (C=O) groups is 1. The lowest BCUT2D eigenvalue weighted by Crippen LogP contribution is -2.33. The van der Waals surface area contributed by atoms with Crippen LogP contribution in [0.3, 0.4) is 0 Å². The fourth-order valence-corrected chi connectivity index (χ4v) is 1.61. The Bertz CT molecular complexity index is 146. The van der Waals surface area contributed by atoms with Crippen LogP contribution in [0, 0.1) is 0 Å². The van der Waals surface area contributed by atoms with E-state index in [4.69, 9.17) is 0 Å². The zero-order valence-electron chi connectivity index (χ0n) is 7.18. The van der Waals surface area contributed by atoms with Crippen molar-refractivity contribution in [3.8, 4) is 0 Å². The highest BCUT2D eigenvalue weighted by Gasteiger charge is 2.10. The van der Waals surface area contributed by atoms with Gasteiger partial charge in [-0.1, -0.05) is 15.9 Å². The third-order valence-corrected chi connectivity index (χ3v) is 2.58. The van der Waals surface area contributed by atoms with Crippen molar-refractivity contribution in [2.45, 2.75) is 12.8 Å². The SMILES string of the molecule is O=C(CBr)NCCN1CCCC1. The van der Waals surface area contributed by atoms with Crippen LogP contribution < -0.4 is 5.32 Å². The van der Waals surface area contributed by atoms with E-state index in [-0.39, 0.29) is 5.91 Å². The lowest BCUT2D eigenvalue weighted by Gasteiger charge is -2.14. The highest BCUT2D eigenvalue weighted by atomic mass is 79.9. The van der Waals surface area contributed by atoms with Crippen molar-refractivity contribution in [2.75, 3.05) is 31.5 Å². The molecule has 3 nitrogen and oxygen atoms in total. The summed E-state index contributed by atoms with van der Waals surface area (Å²) in [6.45, 7) is 4.18. The Balaban J connectivity index is 1.97. The lowest BCUT2D eigenvalue weighted by atomic mass is 10.4. The van der Waals surface area contributed by atoms with Gasteiger partial charge in [0.2, 0.25) is 5.91 Å². The normalized spacial score (nSPS) is 18.1. The predicted molar refractivity (Wildman–Crippen MR) is 52.5 cm³/mol. The van der Waals surface area contributed by atoms with Crippen LogP contribution in [-0.2, 0) is 4.79 Å². The van der Waals surface area contributed by atoms with Crippen molar-refractivity contribution in [3.63, 3.8) is 0 Å². The molecule has 12 heavy (non-hydrogen) atoms. The molecule has 0 spiro atoms. The van der Waals surface area contributed by atoms with Gasteiger partial charge in [0.1, 0.15) is 0 Å². The van der Waals surface area contributed by atoms with Gasteiger partial charge in [0.25, 0.3) is 0 Å². The molecule has 0 unspecified atom stereocenters. The van der Waals surface area contributed by atoms with Crippen molar-refractivity contribution in [3.05, 3.63) is 0 Å². The number of hydrogen-bond donors (Lipinski definition) is 1. The summed E-state index contributed by atoms with van der Waals surface area (Å²) in [5, 5.41) is 3.24. The maximum atomic E-state index is 10.8. The quantitative estimate of drug-likeness (QED) is 0.723. The lowest BCUT2D eigenvalue weighted by molar-refractivity contribution is -0.118. The van der Waals surface area contributed by atoms with Gasteiger partial charge in [-0.05, 0) is 25.9 Å². The van der Waals surface area contributed by atoms with Gasteiger partial charge in [-0.3, -0.25) is 4.79 Å². The third-order valence-electron chi connectivity index (χ3n) is 2.07. The zero-order valence-corrected chi connectivity index (χ0v) is 8.77. The topological polar surface area (TPSA) is 32.3 Å². The maximum absolute atomic E-state index is 10.8. The molecule has 70 valence electrons. The molecule has 1 aliphatic heterocycles. The minimum absolute atomic E-state index is 0.0780. The molecule has 1 fully saturated rings. The van der Waals surface area contributed by atoms with Gasteiger partial charge in [0.15, 0.2) is 0 Å². The van der Waals surface area contributed by atoms with Crippen LogP contribution in [0.15, 0.2) is 0 Å². The number of rotatable bonds is 4. The zero-order chi connectivity index (χ0) is 8.81. The highest BCUT2D eigenvalue weighted by Crippen LogP contribution is 2.05. The van der Waals surface area contributed by atoms with Crippen molar-refractivity contribution < 1.29 is 4.79 Å². The molecule has 4 heteroatoms. The van der Waals surface area contributed by atoms with Gasteiger partial charge in [-0.2, -0.15) is 0 Å². The number of amides is 1. The average Bonchev–Trinajstić information content (AvgIpc) is 2.57. The molecular formula is C8H15BrN2O. The summed E-state index contributed by atoms with van der Waals surface area (Å²) in [4.78, 5) is 13.2. The minimum Gasteiger partial charge on any atom is -0.354 e. The second kappa shape index (κ2) is 5.54. The molecule has 1 aliphatic rings. The number of nitrogens with zero attached hydrogens (tertiary/aromatic N) is 1. The maximum Gasteiger partial charge on any atom is 0.230 e. The first-order valence-electron chi connectivity index (χ1n) is 4.38. The summed E-state index contributed by atoms with van der Waals surface area (Å²) in [5.74, 6) is 0.0780. The van der Waals surface area contributed by atoms with Crippen LogP contribution in [0.4, 0.5) is 0 Å². The van der Waals surface area contributed by atoms with Gasteiger partial charge in [0.05, 0.1) is 5.33 Å². The molecule has 1 saturated heterocycles. The Morgan fingerprint density at radius 2 is 2.08 bits per heavy atom. The highest BCUT2D eigenvalue weighted by molar-refractivity contribution is 9.09. The van der Waals surface area contributed by atoms with E-state index in [9.17, 15) is 4.79 Å². The van der Waals surface area contributed by atoms with Crippen molar-refractivity contribution in [1.29, 1.82) is 0 Å². The molecule has 0 atom stereocenters. The first-order valence-corrected chi connectivity index (χ1v) is 5.50. The van der Waals surface area contributed by atoms with Crippen LogP contribution in [0.2, 0.25) is 0 Å². The van der Waals surface area contributed by atoms with Crippen LogP contribution in [0.25, 0.3) is 0 Å². The number of carbonyl (C=O) groups excluding carboxylic acids is 1. The number of alkyl halides is 1. The van der Waals surface area contributed by atoms with E-state index in [0.29, 0.717) is 5.33 Å². The van der Waals surface area contributed by atoms with Gasteiger partial charge in [-0.25, -0.2) is 0 Å². The molecule has 0 bridgehead atoms. The molecule has 1 heterocycles.